The highest BCUT2D eigenvalue weighted by Crippen LogP contribution is 2.16. The van der Waals surface area contributed by atoms with Crippen LogP contribution >= 0.6 is 0 Å². The minimum Gasteiger partial charge on any atom is -0.497 e. The summed E-state index contributed by atoms with van der Waals surface area (Å²) in [5.41, 5.74) is 1.41. The molecule has 1 amide bonds. The summed E-state index contributed by atoms with van der Waals surface area (Å²) < 4.78 is 11.8. The van der Waals surface area contributed by atoms with Crippen LogP contribution in [0.3, 0.4) is 0 Å². The zero-order chi connectivity index (χ0) is 19.8. The van der Waals surface area contributed by atoms with Gasteiger partial charge in [-0.2, -0.15) is 5.10 Å². The van der Waals surface area contributed by atoms with Crippen molar-refractivity contribution in [1.29, 1.82) is 0 Å². The molecule has 28 heavy (non-hydrogen) atoms. The number of aromatic nitrogens is 2. The molecule has 0 spiro atoms. The van der Waals surface area contributed by atoms with Crippen LogP contribution in [0.25, 0.3) is 11.3 Å². The number of hydrogen-bond donors (Lipinski definition) is 1. The maximum absolute atomic E-state index is 12.0. The average Bonchev–Trinajstić information content (AvgIpc) is 2.74. The summed E-state index contributed by atoms with van der Waals surface area (Å²) in [6.45, 7) is 0.433. The van der Waals surface area contributed by atoms with Crippen molar-refractivity contribution in [3.05, 3.63) is 77.1 Å². The largest absolute Gasteiger partial charge is 0.497 e. The van der Waals surface area contributed by atoms with Gasteiger partial charge >= 0.3 is 0 Å². The van der Waals surface area contributed by atoms with Crippen molar-refractivity contribution in [2.45, 2.75) is 6.54 Å². The predicted molar refractivity (Wildman–Crippen MR) is 105 cm³/mol. The third kappa shape index (κ3) is 5.20. The van der Waals surface area contributed by atoms with Gasteiger partial charge in [0.25, 0.3) is 11.5 Å². The highest BCUT2D eigenvalue weighted by molar-refractivity contribution is 5.77. The Kier molecular flexibility index (Phi) is 6.41. The smallest absolute Gasteiger partial charge is 0.266 e. The molecule has 2 aromatic carbocycles. The number of benzene rings is 2. The van der Waals surface area contributed by atoms with Gasteiger partial charge < -0.3 is 14.8 Å². The van der Waals surface area contributed by atoms with Gasteiger partial charge in [0.05, 0.1) is 19.3 Å². The number of ether oxygens (including phenoxy) is 2. The topological polar surface area (TPSA) is 82.4 Å². The maximum Gasteiger partial charge on any atom is 0.266 e. The van der Waals surface area contributed by atoms with Crippen LogP contribution in [0.15, 0.2) is 71.5 Å². The summed E-state index contributed by atoms with van der Waals surface area (Å²) in [6.07, 6.45) is 0. The van der Waals surface area contributed by atoms with E-state index in [-0.39, 0.29) is 31.2 Å². The summed E-state index contributed by atoms with van der Waals surface area (Å²) in [5.74, 6) is 1.01. The Balaban J connectivity index is 1.50. The summed E-state index contributed by atoms with van der Waals surface area (Å²) in [5, 5.41) is 7.08. The standard InChI is InChI=1S/C21H21N3O4/c1-27-17-7-9-18(10-8-17)28-15-20(25)22-13-14-24-21(26)12-11-19(23-24)16-5-3-2-4-6-16/h2-12H,13-15H2,1H3,(H,22,25). The van der Waals surface area contributed by atoms with Crippen LogP contribution in [0.1, 0.15) is 0 Å². The van der Waals surface area contributed by atoms with E-state index in [0.717, 1.165) is 5.56 Å². The van der Waals surface area contributed by atoms with Crippen molar-refractivity contribution in [1.82, 2.24) is 15.1 Å². The molecule has 0 saturated carbocycles. The van der Waals surface area contributed by atoms with Crippen molar-refractivity contribution in [2.75, 3.05) is 20.3 Å². The highest BCUT2D eigenvalue weighted by atomic mass is 16.5. The Labute approximate surface area is 162 Å². The summed E-state index contributed by atoms with van der Waals surface area (Å²) in [4.78, 5) is 23.9. The predicted octanol–water partition coefficient (Wildman–Crippen LogP) is 2.11. The van der Waals surface area contributed by atoms with E-state index < -0.39 is 0 Å². The molecule has 0 aliphatic carbocycles. The quantitative estimate of drug-likeness (QED) is 0.648. The molecule has 144 valence electrons. The summed E-state index contributed by atoms with van der Waals surface area (Å²) >= 11 is 0. The number of nitrogens with zero attached hydrogens (tertiary/aromatic N) is 2. The van der Waals surface area contributed by atoms with Gasteiger partial charge in [0.1, 0.15) is 11.5 Å². The Bertz CT molecular complexity index is 969. The number of hydrogen-bond acceptors (Lipinski definition) is 5. The molecule has 1 heterocycles. The van der Waals surface area contributed by atoms with Gasteiger partial charge in [-0.15, -0.1) is 0 Å². The van der Waals surface area contributed by atoms with Crippen molar-refractivity contribution < 1.29 is 14.3 Å². The van der Waals surface area contributed by atoms with Gasteiger partial charge in [0.15, 0.2) is 6.61 Å². The normalized spacial score (nSPS) is 10.3. The second-order valence-electron chi connectivity index (χ2n) is 5.96. The Hall–Kier alpha value is -3.61. The van der Waals surface area contributed by atoms with Crippen molar-refractivity contribution in [2.24, 2.45) is 0 Å². The Morgan fingerprint density at radius 2 is 1.71 bits per heavy atom. The molecule has 7 heteroatoms. The van der Waals surface area contributed by atoms with Gasteiger partial charge in [-0.05, 0) is 30.3 Å². The molecular weight excluding hydrogens is 358 g/mol. The molecule has 0 radical (unpaired) electrons. The molecular formula is C21H21N3O4. The Morgan fingerprint density at radius 3 is 2.43 bits per heavy atom. The fraction of sp³-hybridized carbons (Fsp3) is 0.190. The molecule has 3 rings (SSSR count). The molecule has 0 unspecified atom stereocenters. The lowest BCUT2D eigenvalue weighted by atomic mass is 10.1. The van der Waals surface area contributed by atoms with Gasteiger partial charge in [-0.3, -0.25) is 9.59 Å². The molecule has 0 atom stereocenters. The van der Waals surface area contributed by atoms with Crippen molar-refractivity contribution >= 4 is 5.91 Å². The average molecular weight is 379 g/mol. The van der Waals surface area contributed by atoms with Gasteiger partial charge in [0.2, 0.25) is 0 Å². The first-order valence-electron chi connectivity index (χ1n) is 8.83. The maximum atomic E-state index is 12.0. The lowest BCUT2D eigenvalue weighted by Crippen LogP contribution is -2.34. The first-order chi connectivity index (χ1) is 13.7. The zero-order valence-corrected chi connectivity index (χ0v) is 15.5. The molecule has 0 saturated heterocycles. The molecule has 0 fully saturated rings. The van der Waals surface area contributed by atoms with Crippen LogP contribution < -0.4 is 20.3 Å². The summed E-state index contributed by atoms with van der Waals surface area (Å²) in [6, 6.07) is 19.7. The van der Waals surface area contributed by atoms with E-state index in [1.54, 1.807) is 37.4 Å². The van der Waals surface area contributed by atoms with Crippen LogP contribution in [0, 0.1) is 0 Å². The van der Waals surface area contributed by atoms with E-state index in [1.165, 1.54) is 10.7 Å². The van der Waals surface area contributed by atoms with Crippen LogP contribution in [0.5, 0.6) is 11.5 Å². The molecule has 3 aromatic rings. The Morgan fingerprint density at radius 1 is 1.00 bits per heavy atom. The van der Waals surface area contributed by atoms with Crippen molar-refractivity contribution in [3.8, 4) is 22.8 Å². The van der Waals surface area contributed by atoms with E-state index in [9.17, 15) is 9.59 Å². The second kappa shape index (κ2) is 9.36. The first kappa shape index (κ1) is 19.2. The fourth-order valence-electron chi connectivity index (χ4n) is 2.55. The number of nitrogens with one attached hydrogen (secondary N) is 1. The number of methoxy groups -OCH3 is 1. The lowest BCUT2D eigenvalue weighted by Gasteiger charge is -2.10. The summed E-state index contributed by atoms with van der Waals surface area (Å²) in [7, 11) is 1.58. The molecule has 1 aromatic heterocycles. The van der Waals surface area contributed by atoms with E-state index in [0.29, 0.717) is 17.2 Å². The monoisotopic (exact) mass is 379 g/mol. The van der Waals surface area contributed by atoms with Crippen LogP contribution in [0.2, 0.25) is 0 Å². The highest BCUT2D eigenvalue weighted by Gasteiger charge is 2.06. The molecule has 7 nitrogen and oxygen atoms in total. The SMILES string of the molecule is COc1ccc(OCC(=O)NCCn2nc(-c3ccccc3)ccc2=O)cc1. The number of carbonyl (C=O) groups excluding carboxylic acids is 1. The zero-order valence-electron chi connectivity index (χ0n) is 15.5. The number of carbonyl (C=O) groups is 1. The second-order valence-corrected chi connectivity index (χ2v) is 5.96. The van der Waals surface area contributed by atoms with E-state index in [2.05, 4.69) is 10.4 Å². The van der Waals surface area contributed by atoms with Gasteiger partial charge in [-0.25, -0.2) is 4.68 Å². The molecule has 0 bridgehead atoms. The van der Waals surface area contributed by atoms with E-state index in [4.69, 9.17) is 9.47 Å². The van der Waals surface area contributed by atoms with Crippen molar-refractivity contribution in [3.63, 3.8) is 0 Å². The number of amides is 1. The first-order valence-corrected chi connectivity index (χ1v) is 8.83. The van der Waals surface area contributed by atoms with Crippen LogP contribution in [-0.4, -0.2) is 35.9 Å². The number of rotatable bonds is 8. The molecule has 1 N–H and O–H groups in total. The van der Waals surface area contributed by atoms with Crippen LogP contribution in [-0.2, 0) is 11.3 Å². The van der Waals surface area contributed by atoms with Crippen LogP contribution in [0.4, 0.5) is 0 Å². The van der Waals surface area contributed by atoms with Gasteiger partial charge in [-0.1, -0.05) is 30.3 Å². The third-order valence-electron chi connectivity index (χ3n) is 4.01. The fourth-order valence-corrected chi connectivity index (χ4v) is 2.55. The third-order valence-corrected chi connectivity index (χ3v) is 4.01. The van der Waals surface area contributed by atoms with E-state index >= 15 is 0 Å². The minimum atomic E-state index is -0.275. The van der Waals surface area contributed by atoms with Gasteiger partial charge in [0, 0.05) is 18.2 Å². The lowest BCUT2D eigenvalue weighted by molar-refractivity contribution is -0.123. The molecule has 0 aliphatic rings. The van der Waals surface area contributed by atoms with E-state index in [1.807, 2.05) is 30.3 Å². The molecule has 0 aliphatic heterocycles. The minimum absolute atomic E-state index is 0.112.